The minimum absolute atomic E-state index is 0.215. The summed E-state index contributed by atoms with van der Waals surface area (Å²) in [6.45, 7) is 5.49. The summed E-state index contributed by atoms with van der Waals surface area (Å²) < 4.78 is 5.63. The second-order valence-electron chi connectivity index (χ2n) is 6.55. The average Bonchev–Trinajstić information content (AvgIpc) is 2.70. The van der Waals surface area contributed by atoms with Gasteiger partial charge in [-0.25, -0.2) is 4.98 Å². The number of rotatable bonds is 6. The Bertz CT molecular complexity index is 1100. The number of hydrogen-bond donors (Lipinski definition) is 2. The van der Waals surface area contributed by atoms with Crippen LogP contribution >= 0.6 is 11.6 Å². The number of aryl methyl sites for hydroxylation is 3. The minimum Gasteiger partial charge on any atom is -0.434 e. The number of carbonyl (C=O) groups excluding carboxylic acids is 1. The van der Waals surface area contributed by atoms with Crippen molar-refractivity contribution in [3.63, 3.8) is 0 Å². The fraction of sp³-hybridized carbons (Fsp3) is 0.150. The van der Waals surface area contributed by atoms with E-state index >= 15 is 0 Å². The van der Waals surface area contributed by atoms with Gasteiger partial charge in [0.25, 0.3) is 5.91 Å². The van der Waals surface area contributed by atoms with Gasteiger partial charge in [0, 0.05) is 10.6 Å². The lowest BCUT2D eigenvalue weighted by atomic mass is 10.1. The number of ether oxygens (including phenoxy) is 1. The summed E-state index contributed by atoms with van der Waals surface area (Å²) in [4.78, 5) is 30.9. The Balaban J connectivity index is 1.85. The lowest BCUT2D eigenvalue weighted by molar-refractivity contribution is -0.385. The topological polar surface area (TPSA) is 119 Å². The van der Waals surface area contributed by atoms with Gasteiger partial charge >= 0.3 is 11.6 Å². The van der Waals surface area contributed by atoms with Crippen LogP contribution in [0.3, 0.4) is 0 Å². The minimum atomic E-state index is -0.689. The molecule has 0 aliphatic rings. The molecule has 0 saturated carbocycles. The summed E-state index contributed by atoms with van der Waals surface area (Å²) in [5, 5.41) is 12.2. The molecular formula is C20H18ClN5O4. The Morgan fingerprint density at radius 1 is 1.10 bits per heavy atom. The van der Waals surface area contributed by atoms with Gasteiger partial charge in [0.2, 0.25) is 5.82 Å². The number of nitrogens with zero attached hydrogens (tertiary/aromatic N) is 3. The molecule has 0 saturated heterocycles. The predicted octanol–water partition coefficient (Wildman–Crippen LogP) is 4.51. The maximum absolute atomic E-state index is 12.3. The molecule has 3 aromatic rings. The summed E-state index contributed by atoms with van der Waals surface area (Å²) in [6.07, 6.45) is 1.10. The molecular weight excluding hydrogens is 410 g/mol. The predicted molar refractivity (Wildman–Crippen MR) is 112 cm³/mol. The van der Waals surface area contributed by atoms with E-state index in [1.165, 1.54) is 0 Å². The van der Waals surface area contributed by atoms with Gasteiger partial charge < -0.3 is 4.74 Å². The van der Waals surface area contributed by atoms with Gasteiger partial charge in [0.1, 0.15) is 12.1 Å². The van der Waals surface area contributed by atoms with Gasteiger partial charge in [0.05, 0.1) is 4.92 Å². The number of nitro groups is 1. The van der Waals surface area contributed by atoms with Crippen LogP contribution in [0, 0.1) is 30.9 Å². The molecule has 154 valence electrons. The normalized spacial score (nSPS) is 10.4. The van der Waals surface area contributed by atoms with E-state index in [1.807, 2.05) is 6.92 Å². The van der Waals surface area contributed by atoms with Gasteiger partial charge in [-0.15, -0.1) is 0 Å². The van der Waals surface area contributed by atoms with Gasteiger partial charge in [-0.1, -0.05) is 29.3 Å². The fourth-order valence-corrected chi connectivity index (χ4v) is 2.77. The first-order valence-electron chi connectivity index (χ1n) is 8.83. The van der Waals surface area contributed by atoms with E-state index in [1.54, 1.807) is 50.2 Å². The average molecular weight is 428 g/mol. The smallest absolute Gasteiger partial charge is 0.374 e. The first-order valence-corrected chi connectivity index (χ1v) is 9.21. The number of carbonyl (C=O) groups is 1. The first kappa shape index (κ1) is 21.0. The first-order chi connectivity index (χ1) is 14.3. The van der Waals surface area contributed by atoms with Crippen molar-refractivity contribution in [2.24, 2.45) is 0 Å². The van der Waals surface area contributed by atoms with E-state index < -0.39 is 16.5 Å². The number of anilines is 1. The SMILES string of the molecule is Cc1ccc(C(=O)NNc2ncnc(Oc3cc(C)c(Cl)c(C)c3)c2[N+](=O)[O-])cc1. The summed E-state index contributed by atoms with van der Waals surface area (Å²) >= 11 is 6.15. The van der Waals surface area contributed by atoms with Crippen LogP contribution in [0.25, 0.3) is 0 Å². The zero-order chi connectivity index (χ0) is 21.8. The van der Waals surface area contributed by atoms with Crippen LogP contribution in [0.15, 0.2) is 42.7 Å². The molecule has 30 heavy (non-hydrogen) atoms. The highest BCUT2D eigenvalue weighted by Crippen LogP contribution is 2.35. The van der Waals surface area contributed by atoms with Crippen molar-refractivity contribution in [1.29, 1.82) is 0 Å². The summed E-state index contributed by atoms with van der Waals surface area (Å²) in [5.74, 6) is -0.628. The van der Waals surface area contributed by atoms with E-state index in [9.17, 15) is 14.9 Å². The molecule has 1 amide bonds. The van der Waals surface area contributed by atoms with Crippen molar-refractivity contribution >= 4 is 29.0 Å². The van der Waals surface area contributed by atoms with Crippen LogP contribution < -0.4 is 15.6 Å². The standard InChI is InChI=1S/C20H18ClN5O4/c1-11-4-6-14(7-5-11)19(27)25-24-18-17(26(28)29)20(23-10-22-18)30-15-8-12(2)16(21)13(3)9-15/h4-10H,1-3H3,(H,25,27)(H,22,23,24). The molecule has 0 fully saturated rings. The summed E-state index contributed by atoms with van der Waals surface area (Å²) in [5.41, 5.74) is 7.24. The van der Waals surface area contributed by atoms with E-state index in [0.29, 0.717) is 16.3 Å². The van der Waals surface area contributed by atoms with Gasteiger partial charge in [-0.05, 0) is 56.2 Å². The van der Waals surface area contributed by atoms with Crippen LogP contribution in [0.1, 0.15) is 27.0 Å². The quantitative estimate of drug-likeness (QED) is 0.438. The maximum Gasteiger partial charge on any atom is 0.374 e. The molecule has 2 N–H and O–H groups in total. The zero-order valence-electron chi connectivity index (χ0n) is 16.4. The Morgan fingerprint density at radius 3 is 2.33 bits per heavy atom. The highest BCUT2D eigenvalue weighted by molar-refractivity contribution is 6.32. The monoisotopic (exact) mass is 427 g/mol. The summed E-state index contributed by atoms with van der Waals surface area (Å²) in [7, 11) is 0. The van der Waals surface area contributed by atoms with E-state index in [2.05, 4.69) is 20.8 Å². The molecule has 0 spiro atoms. The molecule has 0 aliphatic carbocycles. The number of hydrogen-bond acceptors (Lipinski definition) is 7. The van der Waals surface area contributed by atoms with Crippen LogP contribution in [0.2, 0.25) is 5.02 Å². The molecule has 0 unspecified atom stereocenters. The van der Waals surface area contributed by atoms with Crippen LogP contribution in [-0.2, 0) is 0 Å². The molecule has 0 radical (unpaired) electrons. The lowest BCUT2D eigenvalue weighted by Gasteiger charge is -2.11. The zero-order valence-corrected chi connectivity index (χ0v) is 17.1. The highest BCUT2D eigenvalue weighted by atomic mass is 35.5. The van der Waals surface area contributed by atoms with Crippen LogP contribution in [-0.4, -0.2) is 20.8 Å². The van der Waals surface area contributed by atoms with E-state index in [0.717, 1.165) is 23.0 Å². The van der Waals surface area contributed by atoms with Crippen molar-refractivity contribution in [3.8, 4) is 11.6 Å². The molecule has 1 heterocycles. The van der Waals surface area contributed by atoms with Crippen molar-refractivity contribution in [2.45, 2.75) is 20.8 Å². The number of hydrazine groups is 1. The fourth-order valence-electron chi connectivity index (χ4n) is 2.66. The molecule has 2 aromatic carbocycles. The van der Waals surface area contributed by atoms with Crippen molar-refractivity contribution in [3.05, 3.63) is 80.1 Å². The van der Waals surface area contributed by atoms with E-state index in [4.69, 9.17) is 16.3 Å². The number of halogens is 1. The van der Waals surface area contributed by atoms with Crippen molar-refractivity contribution in [2.75, 3.05) is 5.43 Å². The van der Waals surface area contributed by atoms with Crippen molar-refractivity contribution in [1.82, 2.24) is 15.4 Å². The molecule has 0 aliphatic heterocycles. The number of amides is 1. The maximum atomic E-state index is 12.3. The highest BCUT2D eigenvalue weighted by Gasteiger charge is 2.26. The molecule has 9 nitrogen and oxygen atoms in total. The number of nitrogens with one attached hydrogen (secondary N) is 2. The van der Waals surface area contributed by atoms with E-state index in [-0.39, 0.29) is 11.7 Å². The van der Waals surface area contributed by atoms with Crippen LogP contribution in [0.4, 0.5) is 11.5 Å². The third-order valence-corrected chi connectivity index (χ3v) is 4.80. The molecule has 0 bridgehead atoms. The van der Waals surface area contributed by atoms with Crippen LogP contribution in [0.5, 0.6) is 11.6 Å². The summed E-state index contributed by atoms with van der Waals surface area (Å²) in [6, 6.07) is 10.1. The third-order valence-electron chi connectivity index (χ3n) is 4.20. The molecule has 10 heteroatoms. The Kier molecular flexibility index (Phi) is 6.12. The molecule has 0 atom stereocenters. The molecule has 1 aromatic heterocycles. The van der Waals surface area contributed by atoms with Crippen molar-refractivity contribution < 1.29 is 14.5 Å². The third kappa shape index (κ3) is 4.64. The number of benzene rings is 2. The lowest BCUT2D eigenvalue weighted by Crippen LogP contribution is -2.30. The molecule has 3 rings (SSSR count). The second-order valence-corrected chi connectivity index (χ2v) is 6.93. The van der Waals surface area contributed by atoms with Gasteiger partial charge in [-0.2, -0.15) is 4.98 Å². The largest absolute Gasteiger partial charge is 0.434 e. The Labute approximate surface area is 177 Å². The number of aromatic nitrogens is 2. The Morgan fingerprint density at radius 2 is 1.73 bits per heavy atom. The Hall–Kier alpha value is -3.72. The van der Waals surface area contributed by atoms with Gasteiger partial charge in [0.15, 0.2) is 0 Å². The second kappa shape index (κ2) is 8.75. The van der Waals surface area contributed by atoms with Gasteiger partial charge in [-0.3, -0.25) is 25.8 Å².